The van der Waals surface area contributed by atoms with E-state index in [-0.39, 0.29) is 30.3 Å². The van der Waals surface area contributed by atoms with Crippen molar-refractivity contribution in [3.8, 4) is 11.5 Å². The number of nitro benzene ring substituents is 1. The van der Waals surface area contributed by atoms with Crippen molar-refractivity contribution in [1.82, 2.24) is 4.90 Å². The second-order valence-electron chi connectivity index (χ2n) is 13.1. The number of rotatable bonds is 13. The van der Waals surface area contributed by atoms with Gasteiger partial charge in [-0.3, -0.25) is 34.2 Å². The van der Waals surface area contributed by atoms with Crippen LogP contribution in [0.25, 0.3) is 0 Å². The lowest BCUT2D eigenvalue weighted by molar-refractivity contribution is -0.384. The fourth-order valence-electron chi connectivity index (χ4n) is 6.13. The third-order valence-corrected chi connectivity index (χ3v) is 9.20. The number of nitro groups is 1. The van der Waals surface area contributed by atoms with E-state index in [2.05, 4.69) is 31.9 Å². The number of non-ortho nitro benzene ring substituents is 1. The Balaban J connectivity index is 1.52. The average Bonchev–Trinajstić information content (AvgIpc) is 3.63. The molecular weight excluding hydrogens is 804 g/mol. The van der Waals surface area contributed by atoms with Gasteiger partial charge in [-0.2, -0.15) is 0 Å². The largest absolute Gasteiger partial charge is 0.514 e. The summed E-state index contributed by atoms with van der Waals surface area (Å²) in [5.74, 6) is -5.10. The molecule has 3 aliphatic heterocycles. The molecule has 2 fully saturated rings. The molecular formula is C34H34Br2N2O13. The maximum absolute atomic E-state index is 14.3. The van der Waals surface area contributed by atoms with Crippen LogP contribution in [0.4, 0.5) is 10.5 Å². The number of likely N-dealkylation sites (tertiary alicyclic amines) is 1. The molecule has 5 atom stereocenters. The second-order valence-corrected chi connectivity index (χ2v) is 17.0. The van der Waals surface area contributed by atoms with Gasteiger partial charge in [-0.25, -0.2) is 4.79 Å². The Bertz CT molecular complexity index is 1770. The number of halogens is 2. The van der Waals surface area contributed by atoms with Gasteiger partial charge in [-0.1, -0.05) is 50.1 Å². The zero-order chi connectivity index (χ0) is 37.5. The second kappa shape index (κ2) is 14.0. The van der Waals surface area contributed by atoms with Crippen molar-refractivity contribution in [2.45, 2.75) is 60.6 Å². The van der Waals surface area contributed by atoms with Gasteiger partial charge in [0.05, 0.1) is 23.3 Å². The van der Waals surface area contributed by atoms with Crippen molar-refractivity contribution in [1.29, 1.82) is 0 Å². The summed E-state index contributed by atoms with van der Waals surface area (Å²) in [6.45, 7) is 6.58. The fraction of sp³-hybridized carbons (Fsp3) is 0.441. The van der Waals surface area contributed by atoms with Gasteiger partial charge < -0.3 is 28.4 Å². The van der Waals surface area contributed by atoms with Gasteiger partial charge in [0, 0.05) is 12.1 Å². The molecule has 2 bridgehead atoms. The molecule has 272 valence electrons. The summed E-state index contributed by atoms with van der Waals surface area (Å²) in [6.07, 6.45) is -1.18. The van der Waals surface area contributed by atoms with Gasteiger partial charge in [0.25, 0.3) is 5.69 Å². The van der Waals surface area contributed by atoms with E-state index < -0.39 is 79.2 Å². The van der Waals surface area contributed by atoms with Crippen LogP contribution < -0.4 is 9.47 Å². The van der Waals surface area contributed by atoms with E-state index in [4.69, 9.17) is 28.4 Å². The van der Waals surface area contributed by atoms with Crippen molar-refractivity contribution in [2.24, 2.45) is 11.8 Å². The number of ether oxygens (including phenoxy) is 6. The van der Waals surface area contributed by atoms with Gasteiger partial charge in [0.1, 0.15) is 50.8 Å². The summed E-state index contributed by atoms with van der Waals surface area (Å²) in [5, 5.41) is 11.0. The van der Waals surface area contributed by atoms with Gasteiger partial charge in [-0.05, 0) is 65.0 Å². The predicted molar refractivity (Wildman–Crippen MR) is 183 cm³/mol. The first kappa shape index (κ1) is 37.9. The van der Waals surface area contributed by atoms with Gasteiger partial charge >= 0.3 is 18.1 Å². The third kappa shape index (κ3) is 7.37. The lowest BCUT2D eigenvalue weighted by Gasteiger charge is -2.37. The topological polar surface area (TPSA) is 187 Å². The lowest BCUT2D eigenvalue weighted by Crippen LogP contribution is -2.53. The standard InChI is InChI=1S/C34H34Br2N2O13/c1-19(48-30(43)50-22-13-11-20(12-14-22)38(44)45)34-23(49-21-9-7-6-8-10-21)17-33(51-34,18-47-29(42)32(4,5)36)24-25(34)27(40)37(26(24)39)15-16-46-28(41)31(2,3)35/h6-14,17,19,24-25H,15-16,18H2,1-5H3. The normalized spacial score (nSPS) is 24.4. The lowest BCUT2D eigenvalue weighted by atomic mass is 9.69. The minimum atomic E-state index is -1.96. The molecule has 5 unspecified atom stereocenters. The van der Waals surface area contributed by atoms with Crippen LogP contribution in [0.5, 0.6) is 11.5 Å². The van der Waals surface area contributed by atoms with E-state index in [9.17, 15) is 34.1 Å². The number of carbonyl (C=O) groups is 5. The Labute approximate surface area is 308 Å². The Kier molecular flexibility index (Phi) is 10.4. The number of nitrogens with zero attached hydrogens (tertiary/aromatic N) is 2. The van der Waals surface area contributed by atoms with E-state index >= 15 is 0 Å². The Morgan fingerprint density at radius 3 is 2.10 bits per heavy atom. The quantitative estimate of drug-likeness (QED) is 0.0499. The van der Waals surface area contributed by atoms with Crippen molar-refractivity contribution >= 4 is 67.5 Å². The minimum absolute atomic E-state index is 0.00945. The number of carbonyl (C=O) groups excluding carboxylic acids is 5. The number of amides is 2. The molecule has 0 radical (unpaired) electrons. The van der Waals surface area contributed by atoms with E-state index in [0.29, 0.717) is 5.75 Å². The monoisotopic (exact) mass is 836 g/mol. The summed E-state index contributed by atoms with van der Waals surface area (Å²) in [6, 6.07) is 13.1. The molecule has 2 aromatic carbocycles. The molecule has 17 heteroatoms. The van der Waals surface area contributed by atoms with Crippen LogP contribution in [0.2, 0.25) is 0 Å². The van der Waals surface area contributed by atoms with Crippen LogP contribution in [0.15, 0.2) is 66.4 Å². The molecule has 0 aromatic heterocycles. The van der Waals surface area contributed by atoms with Crippen molar-refractivity contribution < 1.29 is 57.3 Å². The van der Waals surface area contributed by atoms with Gasteiger partial charge in [-0.15, -0.1) is 0 Å². The summed E-state index contributed by atoms with van der Waals surface area (Å²) >= 11 is 6.48. The first-order valence-electron chi connectivity index (χ1n) is 15.7. The van der Waals surface area contributed by atoms with Crippen LogP contribution in [-0.4, -0.2) is 85.4 Å². The molecule has 0 N–H and O–H groups in total. The molecule has 5 rings (SSSR count). The van der Waals surface area contributed by atoms with Crippen molar-refractivity contribution in [3.63, 3.8) is 0 Å². The molecule has 0 aliphatic carbocycles. The van der Waals surface area contributed by atoms with Crippen LogP contribution in [0.3, 0.4) is 0 Å². The van der Waals surface area contributed by atoms with Gasteiger partial charge in [0.15, 0.2) is 5.60 Å². The molecule has 2 aromatic rings. The third-order valence-electron chi connectivity index (χ3n) is 8.55. The molecule has 0 saturated carbocycles. The van der Waals surface area contributed by atoms with E-state index in [1.54, 1.807) is 58.0 Å². The van der Waals surface area contributed by atoms with Crippen LogP contribution >= 0.6 is 31.9 Å². The van der Waals surface area contributed by atoms with E-state index in [0.717, 1.165) is 17.0 Å². The van der Waals surface area contributed by atoms with Crippen LogP contribution in [0, 0.1) is 22.0 Å². The molecule has 3 aliphatic rings. The predicted octanol–water partition coefficient (Wildman–Crippen LogP) is 5.02. The first-order valence-corrected chi connectivity index (χ1v) is 17.3. The van der Waals surface area contributed by atoms with Crippen LogP contribution in [0.1, 0.15) is 34.6 Å². The summed E-state index contributed by atoms with van der Waals surface area (Å²) < 4.78 is 32.7. The zero-order valence-corrected chi connectivity index (χ0v) is 31.3. The number of hydrogen-bond acceptors (Lipinski definition) is 13. The summed E-state index contributed by atoms with van der Waals surface area (Å²) in [4.78, 5) is 78.3. The molecule has 51 heavy (non-hydrogen) atoms. The van der Waals surface area contributed by atoms with Crippen molar-refractivity contribution in [3.05, 3.63) is 76.5 Å². The number of para-hydroxylation sites is 1. The highest BCUT2D eigenvalue weighted by Crippen LogP contribution is 2.62. The van der Waals surface area contributed by atoms with E-state index in [1.807, 2.05) is 0 Å². The number of imide groups is 1. The maximum Gasteiger partial charge on any atom is 0.514 e. The SMILES string of the molecule is CC(OC(=O)Oc1ccc([N+](=O)[O-])cc1)C12OC(COC(=O)C(C)(C)Br)(C=C1Oc1ccccc1)C1C(=O)N(CCOC(=O)C(C)(C)Br)C(=O)C12. The Morgan fingerprint density at radius 2 is 1.51 bits per heavy atom. The number of hydrogen-bond donors (Lipinski definition) is 0. The first-order chi connectivity index (χ1) is 23.8. The highest BCUT2D eigenvalue weighted by molar-refractivity contribution is 9.10. The highest BCUT2D eigenvalue weighted by atomic mass is 79.9. The number of esters is 2. The van der Waals surface area contributed by atoms with Gasteiger partial charge in [0.2, 0.25) is 11.8 Å². The van der Waals surface area contributed by atoms with Crippen LogP contribution in [-0.2, 0) is 38.1 Å². The smallest absolute Gasteiger partial charge is 0.463 e. The Morgan fingerprint density at radius 1 is 0.922 bits per heavy atom. The number of benzene rings is 2. The summed E-state index contributed by atoms with van der Waals surface area (Å²) in [7, 11) is 0. The minimum Gasteiger partial charge on any atom is -0.463 e. The van der Waals surface area contributed by atoms with Crippen molar-refractivity contribution in [2.75, 3.05) is 19.8 Å². The summed E-state index contributed by atoms with van der Waals surface area (Å²) in [5.41, 5.74) is -3.95. The molecule has 2 saturated heterocycles. The zero-order valence-electron chi connectivity index (χ0n) is 28.1. The average molecular weight is 838 g/mol. The Hall–Kier alpha value is -4.35. The van der Waals surface area contributed by atoms with E-state index in [1.165, 1.54) is 25.1 Å². The molecule has 15 nitrogen and oxygen atoms in total. The molecule has 0 spiro atoms. The highest BCUT2D eigenvalue weighted by Gasteiger charge is 2.79. The number of fused-ring (bicyclic) bond motifs is 5. The fourth-order valence-corrected chi connectivity index (χ4v) is 6.36. The maximum atomic E-state index is 14.3. The number of alkyl halides is 2. The molecule has 3 heterocycles. The molecule has 2 amide bonds.